The maximum Gasteiger partial charge on any atom is 0.262 e. The third kappa shape index (κ3) is 4.09. The van der Waals surface area contributed by atoms with Crippen LogP contribution < -0.4 is 10.1 Å². The lowest BCUT2D eigenvalue weighted by molar-refractivity contribution is -0.118. The predicted octanol–water partition coefficient (Wildman–Crippen LogP) is 4.98. The summed E-state index contributed by atoms with van der Waals surface area (Å²) in [5.41, 5.74) is 2.81. The van der Waals surface area contributed by atoms with Gasteiger partial charge in [-0.3, -0.25) is 4.79 Å². The predicted molar refractivity (Wildman–Crippen MR) is 116 cm³/mol. The van der Waals surface area contributed by atoms with Crippen LogP contribution in [0.1, 0.15) is 0 Å². The van der Waals surface area contributed by atoms with E-state index in [4.69, 9.17) is 4.74 Å². The summed E-state index contributed by atoms with van der Waals surface area (Å²) in [5, 5.41) is 5.70. The SMILES string of the molecule is O=C(COc1ncnc2scc(-c3ccccc3)c12)Nc1cccc(I)c1. The number of amides is 1. The first kappa shape index (κ1) is 17.9. The van der Waals surface area contributed by atoms with Crippen LogP contribution in [0.25, 0.3) is 21.3 Å². The molecule has 0 saturated carbocycles. The molecule has 0 aliphatic heterocycles. The van der Waals surface area contributed by atoms with Gasteiger partial charge in [0, 0.05) is 20.2 Å². The number of nitrogens with zero attached hydrogens (tertiary/aromatic N) is 2. The lowest BCUT2D eigenvalue weighted by Crippen LogP contribution is -2.20. The molecule has 0 bridgehead atoms. The van der Waals surface area contributed by atoms with Crippen LogP contribution in [-0.4, -0.2) is 22.5 Å². The summed E-state index contributed by atoms with van der Waals surface area (Å²) < 4.78 is 6.80. The molecule has 27 heavy (non-hydrogen) atoms. The third-order valence-electron chi connectivity index (χ3n) is 3.87. The highest BCUT2D eigenvalue weighted by atomic mass is 127. The van der Waals surface area contributed by atoms with Crippen molar-refractivity contribution in [3.05, 3.63) is 69.9 Å². The largest absolute Gasteiger partial charge is 0.467 e. The highest BCUT2D eigenvalue weighted by Crippen LogP contribution is 2.37. The normalized spacial score (nSPS) is 10.7. The molecule has 134 valence electrons. The van der Waals surface area contributed by atoms with Crippen LogP contribution in [-0.2, 0) is 4.79 Å². The molecule has 1 N–H and O–H groups in total. The second-order valence-electron chi connectivity index (χ2n) is 5.72. The first-order valence-electron chi connectivity index (χ1n) is 8.16. The van der Waals surface area contributed by atoms with Gasteiger partial charge in [0.1, 0.15) is 11.2 Å². The van der Waals surface area contributed by atoms with Crippen molar-refractivity contribution in [1.82, 2.24) is 9.97 Å². The fraction of sp³-hybridized carbons (Fsp3) is 0.0500. The molecule has 2 aromatic heterocycles. The number of halogens is 1. The number of hydrogen-bond acceptors (Lipinski definition) is 5. The van der Waals surface area contributed by atoms with Gasteiger partial charge in [-0.25, -0.2) is 9.97 Å². The average Bonchev–Trinajstić information content (AvgIpc) is 3.12. The van der Waals surface area contributed by atoms with Gasteiger partial charge in [0.25, 0.3) is 5.91 Å². The minimum Gasteiger partial charge on any atom is -0.467 e. The zero-order chi connectivity index (χ0) is 18.6. The summed E-state index contributed by atoms with van der Waals surface area (Å²) in [6, 6.07) is 17.6. The molecule has 0 saturated heterocycles. The summed E-state index contributed by atoms with van der Waals surface area (Å²) in [6.45, 7) is -0.123. The molecular weight excluding hydrogens is 473 g/mol. The third-order valence-corrected chi connectivity index (χ3v) is 5.43. The van der Waals surface area contributed by atoms with Crippen molar-refractivity contribution in [1.29, 1.82) is 0 Å². The second-order valence-corrected chi connectivity index (χ2v) is 7.83. The molecule has 4 aromatic rings. The quantitative estimate of drug-likeness (QED) is 0.404. The van der Waals surface area contributed by atoms with Crippen molar-refractivity contribution < 1.29 is 9.53 Å². The number of nitrogens with one attached hydrogen (secondary N) is 1. The van der Waals surface area contributed by atoms with Crippen molar-refractivity contribution in [3.8, 4) is 17.0 Å². The first-order valence-corrected chi connectivity index (χ1v) is 10.1. The molecule has 0 unspecified atom stereocenters. The number of carbonyl (C=O) groups excluding carboxylic acids is 1. The van der Waals surface area contributed by atoms with Gasteiger partial charge in [-0.2, -0.15) is 0 Å². The number of anilines is 1. The molecule has 0 fully saturated rings. The van der Waals surface area contributed by atoms with E-state index in [9.17, 15) is 4.79 Å². The molecule has 1 amide bonds. The van der Waals surface area contributed by atoms with E-state index in [2.05, 4.69) is 37.9 Å². The van der Waals surface area contributed by atoms with E-state index in [1.165, 1.54) is 17.7 Å². The lowest BCUT2D eigenvalue weighted by Gasteiger charge is -2.09. The van der Waals surface area contributed by atoms with E-state index in [-0.39, 0.29) is 12.5 Å². The maximum atomic E-state index is 12.2. The van der Waals surface area contributed by atoms with Crippen LogP contribution in [0.5, 0.6) is 5.88 Å². The summed E-state index contributed by atoms with van der Waals surface area (Å²) in [6.07, 6.45) is 1.46. The Morgan fingerprint density at radius 2 is 1.96 bits per heavy atom. The van der Waals surface area contributed by atoms with Crippen LogP contribution in [0, 0.1) is 3.57 Å². The standard InChI is InChI=1S/C20H14IN3O2S/c21-14-7-4-8-15(9-14)24-17(25)10-26-19-18-16(13-5-2-1-3-6-13)11-27-20(18)23-12-22-19/h1-9,11-12H,10H2,(H,24,25). The topological polar surface area (TPSA) is 64.1 Å². The number of ether oxygens (including phenoxy) is 1. The summed E-state index contributed by atoms with van der Waals surface area (Å²) in [7, 11) is 0. The van der Waals surface area contributed by atoms with Gasteiger partial charge in [-0.05, 0) is 46.4 Å². The molecular formula is C20H14IN3O2S. The molecule has 2 heterocycles. The van der Waals surface area contributed by atoms with Crippen molar-refractivity contribution in [2.45, 2.75) is 0 Å². The van der Waals surface area contributed by atoms with Gasteiger partial charge < -0.3 is 10.1 Å². The van der Waals surface area contributed by atoms with Crippen molar-refractivity contribution in [3.63, 3.8) is 0 Å². The highest BCUT2D eigenvalue weighted by Gasteiger charge is 2.15. The number of aromatic nitrogens is 2. The van der Waals surface area contributed by atoms with E-state index in [1.54, 1.807) is 0 Å². The van der Waals surface area contributed by atoms with Crippen LogP contribution in [0.2, 0.25) is 0 Å². The van der Waals surface area contributed by atoms with Crippen molar-refractivity contribution in [2.75, 3.05) is 11.9 Å². The molecule has 2 aromatic carbocycles. The Hall–Kier alpha value is -2.52. The molecule has 0 radical (unpaired) electrons. The van der Waals surface area contributed by atoms with Gasteiger partial charge in [-0.1, -0.05) is 36.4 Å². The number of fused-ring (bicyclic) bond motifs is 1. The van der Waals surface area contributed by atoms with E-state index in [0.29, 0.717) is 5.88 Å². The number of thiophene rings is 1. The minimum absolute atomic E-state index is 0.123. The number of hydrogen-bond donors (Lipinski definition) is 1. The number of rotatable bonds is 5. The summed E-state index contributed by atoms with van der Waals surface area (Å²) in [5.74, 6) is 0.179. The van der Waals surface area contributed by atoms with E-state index < -0.39 is 0 Å². The van der Waals surface area contributed by atoms with Gasteiger partial charge in [-0.15, -0.1) is 11.3 Å². The minimum atomic E-state index is -0.236. The van der Waals surface area contributed by atoms with Gasteiger partial charge in [0.15, 0.2) is 6.61 Å². The van der Waals surface area contributed by atoms with Crippen LogP contribution in [0.4, 0.5) is 5.69 Å². The Labute approximate surface area is 173 Å². The molecule has 0 atom stereocenters. The Balaban J connectivity index is 1.55. The maximum absolute atomic E-state index is 12.2. The van der Waals surface area contributed by atoms with Gasteiger partial charge in [0.2, 0.25) is 5.88 Å². The van der Waals surface area contributed by atoms with E-state index in [1.807, 2.05) is 60.0 Å². The smallest absolute Gasteiger partial charge is 0.262 e. The van der Waals surface area contributed by atoms with E-state index in [0.717, 1.165) is 30.6 Å². The van der Waals surface area contributed by atoms with Crippen LogP contribution in [0.15, 0.2) is 66.3 Å². The Morgan fingerprint density at radius 1 is 1.11 bits per heavy atom. The summed E-state index contributed by atoms with van der Waals surface area (Å²) >= 11 is 3.73. The molecule has 0 aliphatic rings. The van der Waals surface area contributed by atoms with Gasteiger partial charge >= 0.3 is 0 Å². The Bertz CT molecular complexity index is 1100. The molecule has 4 rings (SSSR count). The zero-order valence-corrected chi connectivity index (χ0v) is 17.0. The molecule has 0 aliphatic carbocycles. The average molecular weight is 487 g/mol. The number of benzene rings is 2. The number of carbonyl (C=O) groups is 1. The highest BCUT2D eigenvalue weighted by molar-refractivity contribution is 14.1. The second kappa shape index (κ2) is 8.01. The van der Waals surface area contributed by atoms with Crippen LogP contribution in [0.3, 0.4) is 0 Å². The molecule has 5 nitrogen and oxygen atoms in total. The Morgan fingerprint density at radius 3 is 2.78 bits per heavy atom. The van der Waals surface area contributed by atoms with Crippen molar-refractivity contribution >= 4 is 55.7 Å². The lowest BCUT2D eigenvalue weighted by atomic mass is 10.1. The fourth-order valence-electron chi connectivity index (χ4n) is 2.68. The van der Waals surface area contributed by atoms with Crippen molar-refractivity contribution in [2.24, 2.45) is 0 Å². The monoisotopic (exact) mass is 487 g/mol. The Kier molecular flexibility index (Phi) is 5.30. The first-order chi connectivity index (χ1) is 13.2. The fourth-order valence-corrected chi connectivity index (χ4v) is 4.13. The molecule has 7 heteroatoms. The molecule has 0 spiro atoms. The zero-order valence-electron chi connectivity index (χ0n) is 14.1. The van der Waals surface area contributed by atoms with Gasteiger partial charge in [0.05, 0.1) is 5.39 Å². The van der Waals surface area contributed by atoms with Crippen LogP contribution >= 0.6 is 33.9 Å². The van der Waals surface area contributed by atoms with E-state index >= 15 is 0 Å². The summed E-state index contributed by atoms with van der Waals surface area (Å²) in [4.78, 5) is 21.6.